The Hall–Kier alpha value is -2.60. The number of nitrogens with zero attached hydrogens (tertiary/aromatic N) is 2. The fourth-order valence-electron chi connectivity index (χ4n) is 2.44. The lowest BCUT2D eigenvalue weighted by atomic mass is 10.1. The lowest BCUT2D eigenvalue weighted by Crippen LogP contribution is -2.14. The molecule has 0 amide bonds. The van der Waals surface area contributed by atoms with Gasteiger partial charge in [0.05, 0.1) is 23.6 Å². The van der Waals surface area contributed by atoms with Gasteiger partial charge in [-0.05, 0) is 30.2 Å². The average molecular weight is 360 g/mol. The molecule has 0 spiro atoms. The van der Waals surface area contributed by atoms with Crippen molar-refractivity contribution < 1.29 is 9.47 Å². The number of aromatic nitrogens is 3. The second kappa shape index (κ2) is 7.98. The molecule has 0 saturated carbocycles. The molecule has 3 rings (SSSR count). The van der Waals surface area contributed by atoms with Crippen LogP contribution >= 0.6 is 11.6 Å². The van der Waals surface area contributed by atoms with Gasteiger partial charge in [-0.15, -0.1) is 0 Å². The second-order valence-electron chi connectivity index (χ2n) is 5.37. The van der Waals surface area contributed by atoms with E-state index >= 15 is 0 Å². The van der Waals surface area contributed by atoms with E-state index in [0.29, 0.717) is 41.4 Å². The van der Waals surface area contributed by atoms with Crippen molar-refractivity contribution in [3.63, 3.8) is 0 Å². The number of fused-ring (bicyclic) bond motifs is 1. The van der Waals surface area contributed by atoms with E-state index in [4.69, 9.17) is 21.1 Å². The van der Waals surface area contributed by atoms with Gasteiger partial charge in [-0.25, -0.2) is 4.98 Å². The predicted molar refractivity (Wildman–Crippen MR) is 96.6 cm³/mol. The number of hydrogen-bond acceptors (Lipinski definition) is 5. The smallest absolute Gasteiger partial charge is 0.298 e. The molecule has 0 aliphatic rings. The Labute approximate surface area is 149 Å². The molecule has 0 aliphatic heterocycles. The highest BCUT2D eigenvalue weighted by molar-refractivity contribution is 6.32. The van der Waals surface area contributed by atoms with Gasteiger partial charge in [0.2, 0.25) is 0 Å². The first-order valence-electron chi connectivity index (χ1n) is 8.07. The highest BCUT2D eigenvalue weighted by atomic mass is 35.5. The number of benzene rings is 1. The summed E-state index contributed by atoms with van der Waals surface area (Å²) in [6, 6.07) is 9.27. The number of ether oxygens (including phenoxy) is 2. The summed E-state index contributed by atoms with van der Waals surface area (Å²) < 4.78 is 11.1. The maximum absolute atomic E-state index is 12.2. The molecule has 25 heavy (non-hydrogen) atoms. The highest BCUT2D eigenvalue weighted by Gasteiger charge is 2.09. The molecular formula is C18H18ClN3O3. The van der Waals surface area contributed by atoms with Gasteiger partial charge in [0.25, 0.3) is 11.6 Å². The lowest BCUT2D eigenvalue weighted by molar-refractivity contribution is 0.236. The van der Waals surface area contributed by atoms with Crippen molar-refractivity contribution >= 4 is 22.6 Å². The summed E-state index contributed by atoms with van der Waals surface area (Å²) in [5, 5.41) is 1.08. The Morgan fingerprint density at radius 1 is 1.16 bits per heavy atom. The standard InChI is InChI=1S/C18H18ClN3O3/c1-2-12-8-9-20-16-15(12)17(23)22-18(21-16)25-11-5-10-24-14-7-4-3-6-13(14)19/h3-4,6-9H,2,5,10-11H2,1H3,(H,20,21,22,23). The Kier molecular flexibility index (Phi) is 5.50. The zero-order valence-electron chi connectivity index (χ0n) is 13.8. The van der Waals surface area contributed by atoms with Crippen LogP contribution in [0.4, 0.5) is 0 Å². The number of hydrogen-bond donors (Lipinski definition) is 1. The minimum atomic E-state index is -0.239. The minimum absolute atomic E-state index is 0.163. The zero-order chi connectivity index (χ0) is 17.6. The molecule has 0 unspecified atom stereocenters. The number of nitrogens with one attached hydrogen (secondary N) is 1. The largest absolute Gasteiger partial charge is 0.492 e. The first-order chi connectivity index (χ1) is 12.2. The number of pyridine rings is 1. The number of para-hydroxylation sites is 1. The van der Waals surface area contributed by atoms with E-state index in [9.17, 15) is 4.79 Å². The van der Waals surface area contributed by atoms with Crippen molar-refractivity contribution in [2.75, 3.05) is 13.2 Å². The molecule has 0 saturated heterocycles. The third-order valence-corrected chi connectivity index (χ3v) is 3.99. The first-order valence-corrected chi connectivity index (χ1v) is 8.45. The maximum Gasteiger partial charge on any atom is 0.298 e. The summed E-state index contributed by atoms with van der Waals surface area (Å²) in [6.45, 7) is 2.78. The lowest BCUT2D eigenvalue weighted by Gasteiger charge is -2.09. The number of aryl methyl sites for hydroxylation is 1. The molecule has 0 atom stereocenters. The van der Waals surface area contributed by atoms with Crippen LogP contribution < -0.4 is 15.0 Å². The van der Waals surface area contributed by atoms with Gasteiger partial charge in [-0.1, -0.05) is 30.7 Å². The van der Waals surface area contributed by atoms with E-state index in [1.54, 1.807) is 12.3 Å². The van der Waals surface area contributed by atoms with Crippen molar-refractivity contribution in [1.29, 1.82) is 0 Å². The highest BCUT2D eigenvalue weighted by Crippen LogP contribution is 2.23. The van der Waals surface area contributed by atoms with E-state index in [1.165, 1.54) is 0 Å². The molecule has 1 N–H and O–H groups in total. The van der Waals surface area contributed by atoms with Gasteiger partial charge in [0.15, 0.2) is 5.65 Å². The molecule has 7 heteroatoms. The third kappa shape index (κ3) is 4.09. The molecule has 130 valence electrons. The molecular weight excluding hydrogens is 342 g/mol. The molecule has 2 heterocycles. The minimum Gasteiger partial charge on any atom is -0.492 e. The molecule has 2 aromatic heterocycles. The number of H-pyrrole nitrogens is 1. The number of rotatable bonds is 7. The van der Waals surface area contributed by atoms with E-state index in [-0.39, 0.29) is 11.6 Å². The molecule has 0 radical (unpaired) electrons. The van der Waals surface area contributed by atoms with Crippen molar-refractivity contribution in [3.05, 3.63) is 57.5 Å². The SMILES string of the molecule is CCc1ccnc2nc(OCCCOc3ccccc3Cl)[nH]c(=O)c12. The van der Waals surface area contributed by atoms with Crippen LogP contribution in [0.15, 0.2) is 41.3 Å². The molecule has 0 aliphatic carbocycles. The fourth-order valence-corrected chi connectivity index (χ4v) is 2.63. The summed E-state index contributed by atoms with van der Waals surface area (Å²) in [5.74, 6) is 0.637. The van der Waals surface area contributed by atoms with Crippen LogP contribution in [0.1, 0.15) is 18.9 Å². The summed E-state index contributed by atoms with van der Waals surface area (Å²) >= 11 is 6.02. The van der Waals surface area contributed by atoms with Crippen LogP contribution in [0.3, 0.4) is 0 Å². The normalized spacial score (nSPS) is 10.8. The quantitative estimate of drug-likeness (QED) is 0.654. The molecule has 6 nitrogen and oxygen atoms in total. The Morgan fingerprint density at radius 2 is 1.96 bits per heavy atom. The van der Waals surface area contributed by atoms with Crippen molar-refractivity contribution in [2.45, 2.75) is 19.8 Å². The number of halogens is 1. The van der Waals surface area contributed by atoms with Gasteiger partial charge in [-0.3, -0.25) is 9.78 Å². The Bertz CT molecular complexity index is 927. The first kappa shape index (κ1) is 17.2. The molecule has 0 fully saturated rings. The maximum atomic E-state index is 12.2. The van der Waals surface area contributed by atoms with Gasteiger partial charge >= 0.3 is 0 Å². The van der Waals surface area contributed by atoms with E-state index in [1.807, 2.05) is 31.2 Å². The van der Waals surface area contributed by atoms with Gasteiger partial charge in [0.1, 0.15) is 5.75 Å². The third-order valence-electron chi connectivity index (χ3n) is 3.67. The van der Waals surface area contributed by atoms with Crippen LogP contribution in [0.2, 0.25) is 5.02 Å². The van der Waals surface area contributed by atoms with Crippen molar-refractivity contribution in [3.8, 4) is 11.8 Å². The van der Waals surface area contributed by atoms with Crippen molar-refractivity contribution in [2.24, 2.45) is 0 Å². The van der Waals surface area contributed by atoms with Crippen LogP contribution in [-0.4, -0.2) is 28.2 Å². The summed E-state index contributed by atoms with van der Waals surface area (Å²) in [7, 11) is 0. The zero-order valence-corrected chi connectivity index (χ0v) is 14.5. The van der Waals surface area contributed by atoms with Crippen LogP contribution in [0, 0.1) is 0 Å². The van der Waals surface area contributed by atoms with Crippen LogP contribution in [0.5, 0.6) is 11.8 Å². The van der Waals surface area contributed by atoms with Crippen LogP contribution in [0.25, 0.3) is 11.0 Å². The van der Waals surface area contributed by atoms with Gasteiger partial charge in [-0.2, -0.15) is 4.98 Å². The summed E-state index contributed by atoms with van der Waals surface area (Å²) in [6.07, 6.45) is 3.01. The topological polar surface area (TPSA) is 77.1 Å². The summed E-state index contributed by atoms with van der Waals surface area (Å²) in [4.78, 5) is 23.3. The van der Waals surface area contributed by atoms with Crippen LogP contribution in [-0.2, 0) is 6.42 Å². The monoisotopic (exact) mass is 359 g/mol. The summed E-state index contributed by atoms with van der Waals surface area (Å²) in [5.41, 5.74) is 1.07. The fraction of sp³-hybridized carbons (Fsp3) is 0.278. The molecule has 0 bridgehead atoms. The molecule has 3 aromatic rings. The second-order valence-corrected chi connectivity index (χ2v) is 5.78. The Morgan fingerprint density at radius 3 is 2.76 bits per heavy atom. The van der Waals surface area contributed by atoms with Gasteiger partial charge < -0.3 is 9.47 Å². The van der Waals surface area contributed by atoms with Gasteiger partial charge in [0, 0.05) is 12.6 Å². The van der Waals surface area contributed by atoms with E-state index in [2.05, 4.69) is 15.0 Å². The number of aromatic amines is 1. The Balaban J connectivity index is 1.59. The van der Waals surface area contributed by atoms with E-state index in [0.717, 1.165) is 12.0 Å². The molecule has 1 aromatic carbocycles. The van der Waals surface area contributed by atoms with Crippen molar-refractivity contribution in [1.82, 2.24) is 15.0 Å². The van der Waals surface area contributed by atoms with E-state index < -0.39 is 0 Å². The average Bonchev–Trinajstić information content (AvgIpc) is 2.62. The predicted octanol–water partition coefficient (Wildman–Crippen LogP) is 3.38.